The molecular weight excluding hydrogens is 440 g/mol. The highest BCUT2D eigenvalue weighted by Crippen LogP contribution is 2.32. The summed E-state index contributed by atoms with van der Waals surface area (Å²) >= 11 is 0. The third kappa shape index (κ3) is 4.35. The molecule has 170 valence electrons. The Kier molecular flexibility index (Phi) is 5.61. The first-order valence-corrected chi connectivity index (χ1v) is 12.1. The number of likely N-dealkylation sites (N-methyl/N-ethyl adjacent to an activating group) is 1. The number of sulfonamides is 1. The molecule has 0 radical (unpaired) electrons. The molecule has 4 aromatic rings. The number of nitrogens with zero attached hydrogens (tertiary/aromatic N) is 3. The molecule has 9 heteroatoms. The molecule has 2 heterocycles. The molecule has 0 amide bonds. The Hall–Kier alpha value is -3.27. The predicted octanol–water partition coefficient (Wildman–Crippen LogP) is 3.62. The van der Waals surface area contributed by atoms with Gasteiger partial charge in [0.1, 0.15) is 5.75 Å². The van der Waals surface area contributed by atoms with Crippen molar-refractivity contribution >= 4 is 20.8 Å². The lowest BCUT2D eigenvalue weighted by atomic mass is 10.1. The average Bonchev–Trinajstić information content (AvgIpc) is 3.45. The monoisotopic (exact) mass is 464 g/mol. The number of benzene rings is 3. The van der Waals surface area contributed by atoms with E-state index in [0.29, 0.717) is 24.7 Å². The predicted molar refractivity (Wildman–Crippen MR) is 124 cm³/mol. The van der Waals surface area contributed by atoms with Crippen LogP contribution in [0.1, 0.15) is 18.4 Å². The summed E-state index contributed by atoms with van der Waals surface area (Å²) < 4.78 is 39.6. The fourth-order valence-corrected chi connectivity index (χ4v) is 5.50. The van der Waals surface area contributed by atoms with Gasteiger partial charge in [0, 0.05) is 18.2 Å². The van der Waals surface area contributed by atoms with Gasteiger partial charge >= 0.3 is 0 Å². The molecule has 5 rings (SSSR count). The van der Waals surface area contributed by atoms with Crippen LogP contribution < -0.4 is 9.46 Å². The average molecular weight is 465 g/mol. The van der Waals surface area contributed by atoms with Crippen LogP contribution in [0.2, 0.25) is 0 Å². The van der Waals surface area contributed by atoms with E-state index in [4.69, 9.17) is 9.26 Å². The van der Waals surface area contributed by atoms with Gasteiger partial charge in [-0.05, 0) is 60.6 Å². The molecule has 1 fully saturated rings. The molecule has 1 aromatic heterocycles. The fourth-order valence-electron chi connectivity index (χ4n) is 4.22. The van der Waals surface area contributed by atoms with Gasteiger partial charge in [0.15, 0.2) is 0 Å². The third-order valence-electron chi connectivity index (χ3n) is 5.98. The Bertz CT molecular complexity index is 1390. The maximum Gasteiger partial charge on any atom is 0.244 e. The molecule has 1 N–H and O–H groups in total. The van der Waals surface area contributed by atoms with E-state index in [9.17, 15) is 8.42 Å². The second-order valence-corrected chi connectivity index (χ2v) is 9.92. The molecule has 0 spiro atoms. The molecule has 0 bridgehead atoms. The number of aromatic nitrogens is 2. The van der Waals surface area contributed by atoms with Crippen LogP contribution >= 0.6 is 0 Å². The second kappa shape index (κ2) is 8.58. The zero-order valence-electron chi connectivity index (χ0n) is 18.3. The topological polar surface area (TPSA) is 97.6 Å². The minimum atomic E-state index is -3.66. The molecule has 0 saturated carbocycles. The van der Waals surface area contributed by atoms with E-state index in [2.05, 4.69) is 14.9 Å². The molecule has 2 atom stereocenters. The Labute approximate surface area is 192 Å². The first-order valence-electron chi connectivity index (χ1n) is 10.6. The number of methoxy groups -OCH3 is 1. The van der Waals surface area contributed by atoms with Gasteiger partial charge in [0.25, 0.3) is 0 Å². The quantitative estimate of drug-likeness (QED) is 0.465. The van der Waals surface area contributed by atoms with Gasteiger partial charge in [-0.25, -0.2) is 13.1 Å². The van der Waals surface area contributed by atoms with Crippen LogP contribution in [0.5, 0.6) is 5.75 Å². The highest BCUT2D eigenvalue weighted by molar-refractivity contribution is 7.89. The molecule has 3 aromatic carbocycles. The molecular formula is C24H24N4O4S. The molecule has 1 aliphatic heterocycles. The SMILES string of the molecule is COc1ccc(-c2noc([C@@H]3C[C@H](NS(=O)(=O)c4ccc5ccccc5c4)CN3C)n2)cc1. The van der Waals surface area contributed by atoms with E-state index in [-0.39, 0.29) is 17.0 Å². The summed E-state index contributed by atoms with van der Waals surface area (Å²) in [6, 6.07) is 19.8. The number of ether oxygens (including phenoxy) is 1. The van der Waals surface area contributed by atoms with Crippen LogP contribution in [-0.2, 0) is 10.0 Å². The molecule has 1 saturated heterocycles. The molecule has 8 nitrogen and oxygen atoms in total. The molecule has 33 heavy (non-hydrogen) atoms. The van der Waals surface area contributed by atoms with Gasteiger partial charge in [-0.2, -0.15) is 4.98 Å². The first-order chi connectivity index (χ1) is 15.9. The number of hydrogen-bond acceptors (Lipinski definition) is 7. The lowest BCUT2D eigenvalue weighted by Gasteiger charge is -2.14. The smallest absolute Gasteiger partial charge is 0.244 e. The Morgan fingerprint density at radius 3 is 2.58 bits per heavy atom. The van der Waals surface area contributed by atoms with Gasteiger partial charge in [-0.15, -0.1) is 0 Å². The zero-order chi connectivity index (χ0) is 23.0. The summed E-state index contributed by atoms with van der Waals surface area (Å²) in [6.45, 7) is 0.539. The molecule has 0 unspecified atom stereocenters. The summed E-state index contributed by atoms with van der Waals surface area (Å²) in [5.74, 6) is 1.71. The minimum absolute atomic E-state index is 0.172. The van der Waals surface area contributed by atoms with Crippen LogP contribution in [0, 0.1) is 0 Å². The summed E-state index contributed by atoms with van der Waals surface area (Å²) in [4.78, 5) is 6.84. The van der Waals surface area contributed by atoms with Gasteiger partial charge in [-0.1, -0.05) is 35.5 Å². The van der Waals surface area contributed by atoms with Gasteiger partial charge < -0.3 is 9.26 Å². The van der Waals surface area contributed by atoms with Crippen molar-refractivity contribution in [2.24, 2.45) is 0 Å². The van der Waals surface area contributed by atoms with Crippen LogP contribution in [0.25, 0.3) is 22.2 Å². The molecule has 1 aliphatic rings. The number of hydrogen-bond donors (Lipinski definition) is 1. The maximum atomic E-state index is 13.0. The summed E-state index contributed by atoms with van der Waals surface area (Å²) in [7, 11) is -0.128. The van der Waals surface area contributed by atoms with Crippen molar-refractivity contribution in [3.8, 4) is 17.1 Å². The van der Waals surface area contributed by atoms with Crippen molar-refractivity contribution < 1.29 is 17.7 Å². The summed E-state index contributed by atoms with van der Waals surface area (Å²) in [6.07, 6.45) is 0.535. The number of rotatable bonds is 6. The third-order valence-corrected chi connectivity index (χ3v) is 7.49. The van der Waals surface area contributed by atoms with Crippen LogP contribution in [0.15, 0.2) is 76.1 Å². The number of fused-ring (bicyclic) bond motifs is 1. The van der Waals surface area contributed by atoms with E-state index in [1.807, 2.05) is 66.5 Å². The van der Waals surface area contributed by atoms with Crippen LogP contribution in [0.4, 0.5) is 0 Å². The van der Waals surface area contributed by atoms with Crippen molar-refractivity contribution in [2.45, 2.75) is 23.4 Å². The minimum Gasteiger partial charge on any atom is -0.497 e. The van der Waals surface area contributed by atoms with Gasteiger partial charge in [0.05, 0.1) is 18.0 Å². The summed E-state index contributed by atoms with van der Waals surface area (Å²) in [5.41, 5.74) is 0.819. The van der Waals surface area contributed by atoms with Crippen LogP contribution in [-0.4, -0.2) is 50.2 Å². The first kappa shape index (κ1) is 21.6. The normalized spacial score (nSPS) is 19.2. The number of nitrogens with one attached hydrogen (secondary N) is 1. The Balaban J connectivity index is 1.31. The maximum absolute atomic E-state index is 13.0. The largest absolute Gasteiger partial charge is 0.497 e. The van der Waals surface area contributed by atoms with Crippen molar-refractivity contribution in [1.29, 1.82) is 0 Å². The van der Waals surface area contributed by atoms with Crippen molar-refractivity contribution in [3.63, 3.8) is 0 Å². The van der Waals surface area contributed by atoms with Crippen molar-refractivity contribution in [2.75, 3.05) is 20.7 Å². The second-order valence-electron chi connectivity index (χ2n) is 8.20. The van der Waals surface area contributed by atoms with E-state index < -0.39 is 10.0 Å². The standard InChI is InChI=1S/C24H24N4O4S/c1-28-15-19(27-33(29,30)21-12-9-16-5-3-4-6-18(16)13-21)14-22(28)24-25-23(26-32-24)17-7-10-20(31-2)11-8-17/h3-13,19,22,27H,14-15H2,1-2H3/t19-,22-/m0/s1. The van der Waals surface area contributed by atoms with Crippen molar-refractivity contribution in [1.82, 2.24) is 19.8 Å². The fraction of sp³-hybridized carbons (Fsp3) is 0.250. The highest BCUT2D eigenvalue weighted by Gasteiger charge is 2.36. The molecule has 0 aliphatic carbocycles. The van der Waals surface area contributed by atoms with Gasteiger partial charge in [0.2, 0.25) is 21.7 Å². The van der Waals surface area contributed by atoms with E-state index in [1.165, 1.54) is 0 Å². The highest BCUT2D eigenvalue weighted by atomic mass is 32.2. The lowest BCUT2D eigenvalue weighted by molar-refractivity contribution is 0.244. The van der Waals surface area contributed by atoms with E-state index in [1.54, 1.807) is 19.2 Å². The van der Waals surface area contributed by atoms with E-state index in [0.717, 1.165) is 22.1 Å². The zero-order valence-corrected chi connectivity index (χ0v) is 19.1. The number of likely N-dealkylation sites (tertiary alicyclic amines) is 1. The van der Waals surface area contributed by atoms with Gasteiger partial charge in [-0.3, -0.25) is 4.90 Å². The lowest BCUT2D eigenvalue weighted by Crippen LogP contribution is -2.36. The Morgan fingerprint density at radius 2 is 1.82 bits per heavy atom. The van der Waals surface area contributed by atoms with Crippen LogP contribution in [0.3, 0.4) is 0 Å². The summed E-state index contributed by atoms with van der Waals surface area (Å²) in [5, 5.41) is 5.99. The van der Waals surface area contributed by atoms with E-state index >= 15 is 0 Å². The Morgan fingerprint density at radius 1 is 1.06 bits per heavy atom. The van der Waals surface area contributed by atoms with Crippen molar-refractivity contribution in [3.05, 3.63) is 72.6 Å².